The van der Waals surface area contributed by atoms with E-state index in [0.717, 1.165) is 33.2 Å². The van der Waals surface area contributed by atoms with Gasteiger partial charge in [-0.1, -0.05) is 74.5 Å². The number of urea groups is 1. The normalized spacial score (nSPS) is 15.1. The Morgan fingerprint density at radius 1 is 0.702 bits per heavy atom. The number of ether oxygens (including phenoxy) is 1. The fourth-order valence-electron chi connectivity index (χ4n) is 11.6. The van der Waals surface area contributed by atoms with E-state index >= 15 is 0 Å². The van der Waals surface area contributed by atoms with Crippen molar-refractivity contribution in [3.05, 3.63) is 129 Å². The highest BCUT2D eigenvalue weighted by Gasteiger charge is 2.39. The van der Waals surface area contributed by atoms with Crippen molar-refractivity contribution >= 4 is 134 Å². The number of carbonyl (C=O) groups is 9. The molecule has 6 aromatic rings. The Kier molecular flexibility index (Phi) is 24.5. The predicted octanol–water partition coefficient (Wildman–Crippen LogP) is 7.41. The van der Waals surface area contributed by atoms with Crippen molar-refractivity contribution in [1.29, 1.82) is 0 Å². The first-order chi connectivity index (χ1) is 44.8. The number of benzene rings is 5. The van der Waals surface area contributed by atoms with Gasteiger partial charge < -0.3 is 66.9 Å². The Morgan fingerprint density at radius 2 is 1.26 bits per heavy atom. The van der Waals surface area contributed by atoms with E-state index in [9.17, 15) is 57.5 Å². The molecule has 502 valence electrons. The Hall–Kier alpha value is -8.36. The second-order valence-corrected chi connectivity index (χ2v) is 26.4. The number of nitrogens with two attached hydrogens (primary N) is 2. The zero-order valence-electron chi connectivity index (χ0n) is 52.7. The number of unbranched alkanes of at least 4 members (excludes halogenated alkanes) is 1. The topological polar surface area (TPSA) is 355 Å². The van der Waals surface area contributed by atoms with E-state index in [1.165, 1.54) is 34.7 Å². The molecule has 10 amide bonds. The van der Waals surface area contributed by atoms with Crippen molar-refractivity contribution in [1.82, 2.24) is 31.1 Å². The molecule has 1 aromatic heterocycles. The van der Waals surface area contributed by atoms with E-state index < -0.39 is 73.5 Å². The summed E-state index contributed by atoms with van der Waals surface area (Å²) in [5.41, 5.74) is 15.0. The number of anilines is 3. The minimum absolute atomic E-state index is 0.0576. The van der Waals surface area contributed by atoms with Crippen LogP contribution in [0.2, 0.25) is 0 Å². The number of hydrogen-bond acceptors (Lipinski definition) is 14. The van der Waals surface area contributed by atoms with Gasteiger partial charge in [0.25, 0.3) is 11.8 Å². The molecule has 0 aliphatic carbocycles. The average molecular weight is 1370 g/mol. The standard InChI is InChI=1S/C65H78Cl2N11O14PS/c1-37(2)58(74-60(82)48(71-38(3)79)17-10-11-25-68)61(83)73-49(18-12-26-70-64(69)86)59(81)72-43-21-19-39(20-22-43)36-91-65(87)76(5)28-27-75(4)55(80)30-40-29-50-56(46-15-8-6-13-44(40)46)41(32-66)34-77(50)62(84)53-23-24-54(94-53)63(85)78-35-42(33-67)57-47-16-9-7-14-45(47)52(31-51(57)78)92-93(88,89)90/h6-9,13-16,19-24,29,31,37,41-42,48-49,58H,10-12,17-18,25-28,30,32-36,68H2,1-5H3,(H,71,79)(H,72,81)(H,73,83)(H,74,82)(H3,69,70,86)(H2,88,89,90)/t41-,42-,48+,49+,58+/m1/s1. The fourth-order valence-corrected chi connectivity index (χ4v) is 13.4. The molecule has 5 aromatic carbocycles. The molecule has 5 atom stereocenters. The summed E-state index contributed by atoms with van der Waals surface area (Å²) in [6.45, 7) is 5.76. The summed E-state index contributed by atoms with van der Waals surface area (Å²) in [6.07, 6.45) is 1.10. The third kappa shape index (κ3) is 17.7. The lowest BCUT2D eigenvalue weighted by atomic mass is 9.92. The lowest BCUT2D eigenvalue weighted by Crippen LogP contribution is -2.57. The quantitative estimate of drug-likeness (QED) is 0.0125. The molecule has 0 fully saturated rings. The lowest BCUT2D eigenvalue weighted by Gasteiger charge is -2.27. The van der Waals surface area contributed by atoms with Crippen LogP contribution in [0.15, 0.2) is 97.1 Å². The first kappa shape index (κ1) is 71.5. The summed E-state index contributed by atoms with van der Waals surface area (Å²) >= 11 is 14.1. The van der Waals surface area contributed by atoms with Crippen LogP contribution in [0.25, 0.3) is 21.5 Å². The van der Waals surface area contributed by atoms with Gasteiger partial charge in [-0.05, 0) is 113 Å². The third-order valence-electron chi connectivity index (χ3n) is 16.4. The minimum atomic E-state index is -5.00. The number of nitrogens with zero attached hydrogens (tertiary/aromatic N) is 4. The van der Waals surface area contributed by atoms with Crippen LogP contribution in [0.4, 0.5) is 26.7 Å². The number of amides is 10. The maximum atomic E-state index is 14.7. The highest BCUT2D eigenvalue weighted by Crippen LogP contribution is 2.50. The smallest absolute Gasteiger partial charge is 0.445 e. The largest absolute Gasteiger partial charge is 0.524 e. The van der Waals surface area contributed by atoms with Crippen LogP contribution in [0.3, 0.4) is 0 Å². The SMILES string of the molecule is CC(=O)N[C@@H](CCCCN)C(=O)N[C@H](C(=O)N[C@@H](CCCNC(N)=O)C(=O)Nc1ccc(COC(=O)N(C)CCN(C)C(=O)Cc2cc3c(c4ccccc24)[C@H](CCl)CN3C(=O)c2ccc(C(=O)N3C[C@@H](CCl)c4c3cc(OP(=O)(O)O)c3ccccc43)s2)cc1)C(C)C. The van der Waals surface area contributed by atoms with Crippen molar-refractivity contribution in [3.8, 4) is 5.75 Å². The zero-order valence-corrected chi connectivity index (χ0v) is 55.9. The number of hydrogen-bond donors (Lipinski definition) is 9. The van der Waals surface area contributed by atoms with E-state index in [1.54, 1.807) is 86.5 Å². The summed E-state index contributed by atoms with van der Waals surface area (Å²) in [6, 6.07) is 23.5. The van der Waals surface area contributed by atoms with Crippen molar-refractivity contribution < 1.29 is 66.8 Å². The summed E-state index contributed by atoms with van der Waals surface area (Å²) in [5.74, 6) is -4.07. The van der Waals surface area contributed by atoms with Gasteiger partial charge in [-0.15, -0.1) is 34.5 Å². The van der Waals surface area contributed by atoms with Gasteiger partial charge in [-0.3, -0.25) is 43.3 Å². The molecule has 94 heavy (non-hydrogen) atoms. The maximum Gasteiger partial charge on any atom is 0.524 e. The number of fused-ring (bicyclic) bond motifs is 6. The molecule has 0 radical (unpaired) electrons. The molecule has 3 heterocycles. The summed E-state index contributed by atoms with van der Waals surface area (Å²) in [5, 5.41) is 16.1. The number of rotatable bonds is 29. The van der Waals surface area contributed by atoms with Gasteiger partial charge in [0, 0.05) is 100 Å². The van der Waals surface area contributed by atoms with Gasteiger partial charge in [0.15, 0.2) is 0 Å². The van der Waals surface area contributed by atoms with E-state index in [4.69, 9.17) is 43.9 Å². The van der Waals surface area contributed by atoms with Gasteiger partial charge in [0.05, 0.1) is 21.9 Å². The van der Waals surface area contributed by atoms with Gasteiger partial charge in [-0.2, -0.15) is 0 Å². The first-order valence-electron chi connectivity index (χ1n) is 30.6. The number of alkyl halides is 2. The minimum Gasteiger partial charge on any atom is -0.445 e. The second-order valence-electron chi connectivity index (χ2n) is 23.6. The Morgan fingerprint density at radius 3 is 1.82 bits per heavy atom. The second kappa shape index (κ2) is 32.2. The Labute approximate surface area is 557 Å². The number of halogens is 2. The molecule has 25 nitrogen and oxygen atoms in total. The molecule has 8 rings (SSSR count). The average Bonchev–Trinajstić information content (AvgIpc) is 1.57. The van der Waals surface area contributed by atoms with E-state index in [-0.39, 0.29) is 110 Å². The Bertz CT molecular complexity index is 3870. The summed E-state index contributed by atoms with van der Waals surface area (Å²) in [4.78, 5) is 147. The highest BCUT2D eigenvalue weighted by atomic mass is 35.5. The number of carbonyl (C=O) groups excluding carboxylic acids is 9. The summed E-state index contributed by atoms with van der Waals surface area (Å²) < 4.78 is 22.8. The van der Waals surface area contributed by atoms with E-state index in [1.807, 2.05) is 30.3 Å². The van der Waals surface area contributed by atoms with Crippen LogP contribution in [-0.2, 0) is 46.3 Å². The molecule has 0 bridgehead atoms. The van der Waals surface area contributed by atoms with Crippen LogP contribution in [0.1, 0.15) is 106 Å². The molecule has 11 N–H and O–H groups in total. The van der Waals surface area contributed by atoms with Crippen molar-refractivity contribution in [2.45, 2.75) is 95.9 Å². The monoisotopic (exact) mass is 1370 g/mol. The predicted molar refractivity (Wildman–Crippen MR) is 360 cm³/mol. The number of thiophene rings is 1. The van der Waals surface area contributed by atoms with Crippen LogP contribution >= 0.6 is 42.4 Å². The van der Waals surface area contributed by atoms with Crippen LogP contribution < -0.4 is 52.4 Å². The molecule has 2 aliphatic heterocycles. The van der Waals surface area contributed by atoms with Crippen molar-refractivity contribution in [2.75, 3.05) is 80.2 Å². The van der Waals surface area contributed by atoms with Crippen LogP contribution in [0.5, 0.6) is 5.75 Å². The number of phosphoric ester groups is 1. The number of nitrogens with one attached hydrogen (secondary N) is 5. The third-order valence-corrected chi connectivity index (χ3v) is 18.7. The highest BCUT2D eigenvalue weighted by molar-refractivity contribution is 7.46. The molecular formula is C65H78Cl2N11O14PS. The first-order valence-corrected chi connectivity index (χ1v) is 34.1. The van der Waals surface area contributed by atoms with Gasteiger partial charge >= 0.3 is 19.9 Å². The van der Waals surface area contributed by atoms with Crippen LogP contribution in [0, 0.1) is 5.92 Å². The molecule has 0 saturated heterocycles. The van der Waals surface area contributed by atoms with Crippen LogP contribution in [-0.4, -0.2) is 156 Å². The number of phosphoric acid groups is 1. The van der Waals surface area contributed by atoms with Crippen molar-refractivity contribution in [2.24, 2.45) is 17.4 Å². The molecule has 2 aliphatic rings. The zero-order chi connectivity index (χ0) is 68.1. The van der Waals surface area contributed by atoms with E-state index in [2.05, 4.69) is 26.6 Å². The molecule has 0 unspecified atom stereocenters. The molecule has 29 heteroatoms. The van der Waals surface area contributed by atoms with Gasteiger partial charge in [0.2, 0.25) is 29.5 Å². The lowest BCUT2D eigenvalue weighted by molar-refractivity contribution is -0.133. The van der Waals surface area contributed by atoms with Gasteiger partial charge in [-0.25, -0.2) is 14.2 Å². The molecular weight excluding hydrogens is 1290 g/mol. The van der Waals surface area contributed by atoms with Gasteiger partial charge in [0.1, 0.15) is 30.5 Å². The Balaban J connectivity index is 0.872. The number of primary amides is 1. The molecule has 0 spiro atoms. The molecule has 0 saturated carbocycles. The summed E-state index contributed by atoms with van der Waals surface area (Å²) in [7, 11) is -1.84. The van der Waals surface area contributed by atoms with E-state index in [0.29, 0.717) is 64.8 Å². The fraction of sp³-hybridized carbons (Fsp3) is 0.400. The maximum absolute atomic E-state index is 14.7. The van der Waals surface area contributed by atoms with Crippen molar-refractivity contribution in [3.63, 3.8) is 0 Å². The number of likely N-dealkylation sites (N-methyl/N-ethyl adjacent to an activating group) is 2.